The number of aromatic nitrogens is 1. The van der Waals surface area contributed by atoms with Crippen molar-refractivity contribution in [3.63, 3.8) is 0 Å². The maximum absolute atomic E-state index is 10.8. The van der Waals surface area contributed by atoms with E-state index in [1.807, 2.05) is 17.5 Å². The third-order valence-corrected chi connectivity index (χ3v) is 3.10. The van der Waals surface area contributed by atoms with Crippen molar-refractivity contribution in [1.82, 2.24) is 4.98 Å². The predicted molar refractivity (Wildman–Crippen MR) is 61.9 cm³/mol. The first kappa shape index (κ1) is 10.3. The van der Waals surface area contributed by atoms with Crippen LogP contribution < -0.4 is 0 Å². The molecule has 0 bridgehead atoms. The second kappa shape index (κ2) is 4.08. The first-order valence-corrected chi connectivity index (χ1v) is 5.69. The highest BCUT2D eigenvalue weighted by molar-refractivity contribution is 9.10. The van der Waals surface area contributed by atoms with E-state index in [0.29, 0.717) is 10.2 Å². The number of thiophene rings is 1. The van der Waals surface area contributed by atoms with Crippen molar-refractivity contribution in [3.05, 3.63) is 44.4 Å². The van der Waals surface area contributed by atoms with Crippen LogP contribution in [-0.4, -0.2) is 9.91 Å². The van der Waals surface area contributed by atoms with Crippen LogP contribution in [-0.2, 0) is 0 Å². The Hall–Kier alpha value is -1.27. The van der Waals surface area contributed by atoms with E-state index in [0.717, 1.165) is 4.88 Å². The van der Waals surface area contributed by atoms with Gasteiger partial charge in [0, 0.05) is 16.7 Å². The summed E-state index contributed by atoms with van der Waals surface area (Å²) in [5.74, 6) is 0. The third-order valence-electron chi connectivity index (χ3n) is 1.79. The molecular formula is C9H5BrN2O2S. The fourth-order valence-corrected chi connectivity index (χ4v) is 2.22. The molecule has 0 spiro atoms. The normalized spacial score (nSPS) is 10.2. The maximum atomic E-state index is 10.8. The van der Waals surface area contributed by atoms with Gasteiger partial charge >= 0.3 is 0 Å². The lowest BCUT2D eigenvalue weighted by atomic mass is 10.2. The largest absolute Gasteiger partial charge is 0.297 e. The Morgan fingerprint density at radius 1 is 1.53 bits per heavy atom. The van der Waals surface area contributed by atoms with Crippen molar-refractivity contribution in [3.8, 4) is 10.6 Å². The molecule has 0 unspecified atom stereocenters. The molecule has 0 radical (unpaired) electrons. The van der Waals surface area contributed by atoms with Crippen LogP contribution >= 0.6 is 27.3 Å². The Morgan fingerprint density at radius 3 is 2.93 bits per heavy atom. The fraction of sp³-hybridized carbons (Fsp3) is 0. The molecule has 15 heavy (non-hydrogen) atoms. The maximum Gasteiger partial charge on any atom is 0.297 e. The molecule has 2 rings (SSSR count). The van der Waals surface area contributed by atoms with Crippen LogP contribution in [0.2, 0.25) is 0 Å². The molecule has 0 fully saturated rings. The van der Waals surface area contributed by atoms with Gasteiger partial charge in [-0.25, -0.2) is 4.98 Å². The number of halogens is 1. The minimum atomic E-state index is -0.424. The molecule has 0 aromatic carbocycles. The standard InChI is InChI=1S/C9H5BrN2O2S/c10-6-4-7(12(13)14)9(11-5-6)8-2-1-3-15-8/h1-5H. The molecule has 6 heteroatoms. The minimum absolute atomic E-state index is 0.0202. The van der Waals surface area contributed by atoms with Crippen molar-refractivity contribution >= 4 is 33.0 Å². The summed E-state index contributed by atoms with van der Waals surface area (Å²) in [6.07, 6.45) is 1.56. The molecule has 2 aromatic heterocycles. The van der Waals surface area contributed by atoms with Gasteiger partial charge in [-0.05, 0) is 27.4 Å². The monoisotopic (exact) mass is 284 g/mol. The van der Waals surface area contributed by atoms with Crippen molar-refractivity contribution in [2.75, 3.05) is 0 Å². The quantitative estimate of drug-likeness (QED) is 0.627. The molecule has 4 nitrogen and oxygen atoms in total. The highest BCUT2D eigenvalue weighted by Crippen LogP contribution is 2.32. The number of nitrogens with zero attached hydrogens (tertiary/aromatic N) is 2. The predicted octanol–water partition coefficient (Wildman–Crippen LogP) is 3.48. The Labute approximate surface area is 97.9 Å². The second-order valence-corrected chi connectivity index (χ2v) is 4.62. The zero-order valence-corrected chi connectivity index (χ0v) is 9.79. The summed E-state index contributed by atoms with van der Waals surface area (Å²) >= 11 is 4.60. The highest BCUT2D eigenvalue weighted by atomic mass is 79.9. The number of nitro groups is 1. The van der Waals surface area contributed by atoms with Gasteiger partial charge in [-0.1, -0.05) is 6.07 Å². The lowest BCUT2D eigenvalue weighted by Crippen LogP contribution is -1.93. The smallest absolute Gasteiger partial charge is 0.258 e. The average molecular weight is 285 g/mol. The van der Waals surface area contributed by atoms with Gasteiger partial charge in [0.25, 0.3) is 5.69 Å². The molecule has 0 saturated carbocycles. The van der Waals surface area contributed by atoms with E-state index in [2.05, 4.69) is 20.9 Å². The summed E-state index contributed by atoms with van der Waals surface area (Å²) in [6, 6.07) is 5.11. The lowest BCUT2D eigenvalue weighted by molar-refractivity contribution is -0.384. The molecule has 0 saturated heterocycles. The van der Waals surface area contributed by atoms with E-state index in [1.54, 1.807) is 6.20 Å². The first-order valence-electron chi connectivity index (χ1n) is 4.02. The van der Waals surface area contributed by atoms with Crippen LogP contribution in [0.3, 0.4) is 0 Å². The Balaban J connectivity index is 2.61. The van der Waals surface area contributed by atoms with Gasteiger partial charge in [0.2, 0.25) is 0 Å². The molecule has 0 aliphatic heterocycles. The van der Waals surface area contributed by atoms with Gasteiger partial charge in [-0.2, -0.15) is 0 Å². The van der Waals surface area contributed by atoms with Crippen molar-refractivity contribution in [1.29, 1.82) is 0 Å². The summed E-state index contributed by atoms with van der Waals surface area (Å²) in [6.45, 7) is 0. The Morgan fingerprint density at radius 2 is 2.33 bits per heavy atom. The molecule has 0 N–H and O–H groups in total. The lowest BCUT2D eigenvalue weighted by Gasteiger charge is -1.99. The number of hydrogen-bond acceptors (Lipinski definition) is 4. The van der Waals surface area contributed by atoms with Crippen molar-refractivity contribution < 1.29 is 4.92 Å². The van der Waals surface area contributed by atoms with Gasteiger partial charge in [0.15, 0.2) is 5.69 Å². The van der Waals surface area contributed by atoms with Crippen LogP contribution in [0.1, 0.15) is 0 Å². The van der Waals surface area contributed by atoms with Crippen LogP contribution in [0.25, 0.3) is 10.6 Å². The van der Waals surface area contributed by atoms with Crippen LogP contribution in [0.5, 0.6) is 0 Å². The van der Waals surface area contributed by atoms with Crippen LogP contribution in [0.15, 0.2) is 34.2 Å². The van der Waals surface area contributed by atoms with Crippen molar-refractivity contribution in [2.24, 2.45) is 0 Å². The topological polar surface area (TPSA) is 56.0 Å². The Bertz CT molecular complexity index is 499. The van der Waals surface area contributed by atoms with E-state index in [-0.39, 0.29) is 5.69 Å². The van der Waals surface area contributed by atoms with Gasteiger partial charge in [-0.15, -0.1) is 11.3 Å². The first-order chi connectivity index (χ1) is 7.18. The summed E-state index contributed by atoms with van der Waals surface area (Å²) in [4.78, 5) is 15.3. The summed E-state index contributed by atoms with van der Waals surface area (Å²) in [5.41, 5.74) is 0.435. The average Bonchev–Trinajstić information content (AvgIpc) is 2.70. The van der Waals surface area contributed by atoms with E-state index in [4.69, 9.17) is 0 Å². The third kappa shape index (κ3) is 2.05. The van der Waals surface area contributed by atoms with Crippen LogP contribution in [0.4, 0.5) is 5.69 Å². The van der Waals surface area contributed by atoms with E-state index in [9.17, 15) is 10.1 Å². The molecule has 0 aliphatic carbocycles. The van der Waals surface area contributed by atoms with Gasteiger partial charge in [-0.3, -0.25) is 10.1 Å². The molecular weight excluding hydrogens is 280 g/mol. The number of hydrogen-bond donors (Lipinski definition) is 0. The molecule has 76 valence electrons. The summed E-state index contributed by atoms with van der Waals surface area (Å²) < 4.78 is 0.606. The van der Waals surface area contributed by atoms with Gasteiger partial charge in [0.1, 0.15) is 0 Å². The second-order valence-electron chi connectivity index (χ2n) is 2.76. The number of rotatable bonds is 2. The van der Waals surface area contributed by atoms with Crippen LogP contribution in [0, 0.1) is 10.1 Å². The molecule has 0 atom stereocenters. The molecule has 0 amide bonds. The molecule has 0 aliphatic rings. The van der Waals surface area contributed by atoms with E-state index < -0.39 is 4.92 Å². The zero-order chi connectivity index (χ0) is 10.8. The van der Waals surface area contributed by atoms with E-state index >= 15 is 0 Å². The summed E-state index contributed by atoms with van der Waals surface area (Å²) in [5, 5.41) is 12.7. The Kier molecular flexibility index (Phi) is 2.79. The van der Waals surface area contributed by atoms with Crippen molar-refractivity contribution in [2.45, 2.75) is 0 Å². The summed E-state index contributed by atoms with van der Waals surface area (Å²) in [7, 11) is 0. The zero-order valence-electron chi connectivity index (χ0n) is 7.38. The van der Waals surface area contributed by atoms with Gasteiger partial charge in [0.05, 0.1) is 9.80 Å². The van der Waals surface area contributed by atoms with E-state index in [1.165, 1.54) is 17.4 Å². The highest BCUT2D eigenvalue weighted by Gasteiger charge is 2.17. The SMILES string of the molecule is O=[N+]([O-])c1cc(Br)cnc1-c1cccs1. The number of pyridine rings is 1. The fourth-order valence-electron chi connectivity index (χ4n) is 1.17. The minimum Gasteiger partial charge on any atom is -0.258 e. The molecule has 2 heterocycles. The van der Waals surface area contributed by atoms with Gasteiger partial charge < -0.3 is 0 Å². The molecule has 2 aromatic rings.